The summed E-state index contributed by atoms with van der Waals surface area (Å²) in [5.74, 6) is -0.669. The Hall–Kier alpha value is -1.16. The largest absolute Gasteiger partial charge is 0.493 e. The summed E-state index contributed by atoms with van der Waals surface area (Å²) in [6.07, 6.45) is 3.37. The van der Waals surface area contributed by atoms with Crippen molar-refractivity contribution in [2.24, 2.45) is 5.92 Å². The number of rotatable bonds is 4. The number of benzene rings is 1. The lowest BCUT2D eigenvalue weighted by atomic mass is 9.97. The third-order valence-electron chi connectivity index (χ3n) is 3.08. The van der Waals surface area contributed by atoms with Crippen LogP contribution in [0, 0.1) is 17.6 Å². The highest BCUT2D eigenvalue weighted by molar-refractivity contribution is 5.23. The van der Waals surface area contributed by atoms with Crippen molar-refractivity contribution >= 4 is 0 Å². The van der Waals surface area contributed by atoms with E-state index >= 15 is 0 Å². The molecule has 0 radical (unpaired) electrons. The molecule has 1 aliphatic rings. The smallest absolute Gasteiger partial charge is 0.162 e. The standard InChI is InChI=1S/C13H17F2NO/c14-12-4-3-11(8-13(12)15)17-7-5-10-2-1-6-16-9-10/h3-4,8,10,16H,1-2,5-7,9H2/t10-/m1/s1. The highest BCUT2D eigenvalue weighted by Gasteiger charge is 2.12. The Morgan fingerprint density at radius 3 is 2.88 bits per heavy atom. The molecular formula is C13H17F2NO. The summed E-state index contributed by atoms with van der Waals surface area (Å²) in [6.45, 7) is 2.68. The summed E-state index contributed by atoms with van der Waals surface area (Å²) in [5.41, 5.74) is 0. The molecule has 0 spiro atoms. The van der Waals surface area contributed by atoms with Crippen LogP contribution >= 0.6 is 0 Å². The van der Waals surface area contributed by atoms with Crippen LogP contribution in [0.25, 0.3) is 0 Å². The van der Waals surface area contributed by atoms with E-state index in [1.54, 1.807) is 0 Å². The Bertz CT molecular complexity index is 364. The summed E-state index contributed by atoms with van der Waals surface area (Å²) < 4.78 is 31.0. The van der Waals surface area contributed by atoms with E-state index in [-0.39, 0.29) is 0 Å². The molecule has 2 nitrogen and oxygen atoms in total. The van der Waals surface area contributed by atoms with Gasteiger partial charge in [0.15, 0.2) is 11.6 Å². The van der Waals surface area contributed by atoms with E-state index in [1.807, 2.05) is 0 Å². The molecule has 0 aromatic heterocycles. The maximum absolute atomic E-state index is 12.9. The lowest BCUT2D eigenvalue weighted by molar-refractivity contribution is 0.253. The van der Waals surface area contributed by atoms with Crippen LogP contribution < -0.4 is 10.1 Å². The Morgan fingerprint density at radius 1 is 1.29 bits per heavy atom. The van der Waals surface area contributed by atoms with Gasteiger partial charge in [0.1, 0.15) is 5.75 Å². The zero-order valence-corrected chi connectivity index (χ0v) is 9.72. The minimum absolute atomic E-state index is 0.396. The van der Waals surface area contributed by atoms with Crippen LogP contribution in [0.4, 0.5) is 8.78 Å². The minimum Gasteiger partial charge on any atom is -0.493 e. The number of nitrogens with one attached hydrogen (secondary N) is 1. The van der Waals surface area contributed by atoms with E-state index in [0.717, 1.165) is 31.6 Å². The molecule has 1 fully saturated rings. The van der Waals surface area contributed by atoms with Crippen molar-refractivity contribution < 1.29 is 13.5 Å². The van der Waals surface area contributed by atoms with E-state index in [1.165, 1.54) is 18.9 Å². The van der Waals surface area contributed by atoms with E-state index in [9.17, 15) is 8.78 Å². The van der Waals surface area contributed by atoms with Gasteiger partial charge in [-0.05, 0) is 50.4 Å². The lowest BCUT2D eigenvalue weighted by Crippen LogP contribution is -2.30. The van der Waals surface area contributed by atoms with Gasteiger partial charge in [0.05, 0.1) is 6.61 Å². The first-order chi connectivity index (χ1) is 8.25. The number of piperidine rings is 1. The number of ether oxygens (including phenoxy) is 1. The molecule has 1 saturated heterocycles. The van der Waals surface area contributed by atoms with Crippen molar-refractivity contribution in [3.63, 3.8) is 0 Å². The van der Waals surface area contributed by atoms with Crippen LogP contribution in [0.1, 0.15) is 19.3 Å². The molecule has 4 heteroatoms. The number of hydrogen-bond donors (Lipinski definition) is 1. The summed E-state index contributed by atoms with van der Waals surface area (Å²) in [5, 5.41) is 3.33. The first-order valence-electron chi connectivity index (χ1n) is 6.04. The van der Waals surface area contributed by atoms with Gasteiger partial charge in [-0.15, -0.1) is 0 Å². The van der Waals surface area contributed by atoms with Crippen LogP contribution in [0.3, 0.4) is 0 Å². The van der Waals surface area contributed by atoms with Crippen molar-refractivity contribution in [1.29, 1.82) is 0 Å². The van der Waals surface area contributed by atoms with Crippen molar-refractivity contribution in [2.45, 2.75) is 19.3 Å². The molecule has 1 aromatic carbocycles. The van der Waals surface area contributed by atoms with Crippen molar-refractivity contribution in [3.05, 3.63) is 29.8 Å². The molecule has 17 heavy (non-hydrogen) atoms. The van der Waals surface area contributed by atoms with Crippen LogP contribution in [0.2, 0.25) is 0 Å². The van der Waals surface area contributed by atoms with Gasteiger partial charge in [-0.25, -0.2) is 8.78 Å². The molecule has 0 saturated carbocycles. The highest BCUT2D eigenvalue weighted by atomic mass is 19.2. The zero-order chi connectivity index (χ0) is 12.1. The first-order valence-corrected chi connectivity index (χ1v) is 6.04. The molecule has 0 aliphatic carbocycles. The van der Waals surface area contributed by atoms with Crippen molar-refractivity contribution in [1.82, 2.24) is 5.32 Å². The molecule has 2 rings (SSSR count). The Morgan fingerprint density at radius 2 is 2.18 bits per heavy atom. The predicted molar refractivity (Wildman–Crippen MR) is 62.1 cm³/mol. The molecule has 1 N–H and O–H groups in total. The van der Waals surface area contributed by atoms with E-state index in [2.05, 4.69) is 5.32 Å². The fourth-order valence-corrected chi connectivity index (χ4v) is 2.08. The molecule has 1 heterocycles. The van der Waals surface area contributed by atoms with E-state index in [0.29, 0.717) is 18.3 Å². The second-order valence-corrected chi connectivity index (χ2v) is 4.43. The first kappa shape index (κ1) is 12.3. The average Bonchev–Trinajstić information content (AvgIpc) is 2.35. The Labute approximate surface area is 100.0 Å². The van der Waals surface area contributed by atoms with E-state index < -0.39 is 11.6 Å². The third kappa shape index (κ3) is 3.66. The van der Waals surface area contributed by atoms with Crippen molar-refractivity contribution in [2.75, 3.05) is 19.7 Å². The lowest BCUT2D eigenvalue weighted by Gasteiger charge is -2.22. The van der Waals surface area contributed by atoms with Gasteiger partial charge in [-0.3, -0.25) is 0 Å². The molecule has 0 bridgehead atoms. The maximum atomic E-state index is 12.9. The second kappa shape index (κ2) is 5.96. The van der Waals surface area contributed by atoms with Gasteiger partial charge >= 0.3 is 0 Å². The van der Waals surface area contributed by atoms with Crippen LogP contribution in [-0.4, -0.2) is 19.7 Å². The minimum atomic E-state index is -0.859. The SMILES string of the molecule is Fc1ccc(OCC[C@H]2CCCNC2)cc1F. The van der Waals surface area contributed by atoms with Gasteiger partial charge in [0.25, 0.3) is 0 Å². The van der Waals surface area contributed by atoms with Gasteiger partial charge in [-0.1, -0.05) is 0 Å². The topological polar surface area (TPSA) is 21.3 Å². The second-order valence-electron chi connectivity index (χ2n) is 4.43. The Balaban J connectivity index is 1.75. The van der Waals surface area contributed by atoms with Gasteiger partial charge in [-0.2, -0.15) is 0 Å². The van der Waals surface area contributed by atoms with E-state index in [4.69, 9.17) is 4.74 Å². The molecule has 1 aromatic rings. The zero-order valence-electron chi connectivity index (χ0n) is 9.72. The van der Waals surface area contributed by atoms with Gasteiger partial charge < -0.3 is 10.1 Å². The highest BCUT2D eigenvalue weighted by Crippen LogP contribution is 2.18. The average molecular weight is 241 g/mol. The molecule has 94 valence electrons. The molecule has 0 amide bonds. The Kier molecular flexibility index (Phi) is 4.31. The summed E-state index contributed by atoms with van der Waals surface area (Å²) in [4.78, 5) is 0. The molecular weight excluding hydrogens is 224 g/mol. The third-order valence-corrected chi connectivity index (χ3v) is 3.08. The van der Waals surface area contributed by atoms with Crippen LogP contribution in [0.15, 0.2) is 18.2 Å². The fraction of sp³-hybridized carbons (Fsp3) is 0.538. The van der Waals surface area contributed by atoms with Crippen LogP contribution in [0.5, 0.6) is 5.75 Å². The van der Waals surface area contributed by atoms with Gasteiger partial charge in [0, 0.05) is 6.07 Å². The normalized spacial score (nSPS) is 20.2. The fourth-order valence-electron chi connectivity index (χ4n) is 2.08. The molecule has 0 unspecified atom stereocenters. The summed E-state index contributed by atoms with van der Waals surface area (Å²) >= 11 is 0. The maximum Gasteiger partial charge on any atom is 0.162 e. The monoisotopic (exact) mass is 241 g/mol. The quantitative estimate of drug-likeness (QED) is 0.875. The number of halogens is 2. The summed E-state index contributed by atoms with van der Waals surface area (Å²) in [6, 6.07) is 3.64. The number of hydrogen-bond acceptors (Lipinski definition) is 2. The molecule has 1 aliphatic heterocycles. The van der Waals surface area contributed by atoms with Crippen molar-refractivity contribution in [3.8, 4) is 5.75 Å². The summed E-state index contributed by atoms with van der Waals surface area (Å²) in [7, 11) is 0. The predicted octanol–water partition coefficient (Wildman–Crippen LogP) is 2.73. The van der Waals surface area contributed by atoms with Crippen LogP contribution in [-0.2, 0) is 0 Å². The molecule has 1 atom stereocenters. The van der Waals surface area contributed by atoms with Gasteiger partial charge in [0.2, 0.25) is 0 Å².